The number of thioether (sulfide) groups is 1. The van der Waals surface area contributed by atoms with E-state index in [0.717, 1.165) is 4.91 Å². The summed E-state index contributed by atoms with van der Waals surface area (Å²) < 4.78 is 0. The van der Waals surface area contributed by atoms with E-state index in [1.165, 1.54) is 11.8 Å². The van der Waals surface area contributed by atoms with Crippen LogP contribution in [0.3, 0.4) is 0 Å². The molecule has 0 aromatic rings. The van der Waals surface area contributed by atoms with Gasteiger partial charge in [0.2, 0.25) is 0 Å². The molecule has 0 aromatic heterocycles. The fraction of sp³-hybridized carbons (Fsp3) is 0.364. The summed E-state index contributed by atoms with van der Waals surface area (Å²) in [5.41, 5.74) is 0. The van der Waals surface area contributed by atoms with E-state index in [0.29, 0.717) is 10.8 Å². The SMILES string of the molecule is C#C.C/C=C\C(SCCC(=O)O)=C(/C)Cl. The Labute approximate surface area is 100 Å². The van der Waals surface area contributed by atoms with E-state index in [1.54, 1.807) is 6.92 Å². The Hall–Kier alpha value is -0.850. The second-order valence-corrected chi connectivity index (χ2v) is 4.09. The molecule has 0 aliphatic carbocycles. The van der Waals surface area contributed by atoms with Crippen molar-refractivity contribution in [3.63, 3.8) is 0 Å². The van der Waals surface area contributed by atoms with Crippen molar-refractivity contribution in [1.29, 1.82) is 0 Å². The van der Waals surface area contributed by atoms with Gasteiger partial charge in [0.25, 0.3) is 0 Å². The van der Waals surface area contributed by atoms with Crippen LogP contribution in [0.2, 0.25) is 0 Å². The second kappa shape index (κ2) is 11.2. The molecule has 0 radical (unpaired) electrons. The molecule has 2 nitrogen and oxygen atoms in total. The molecule has 0 aliphatic rings. The summed E-state index contributed by atoms with van der Waals surface area (Å²) in [7, 11) is 0. The second-order valence-electron chi connectivity index (χ2n) is 2.39. The molecule has 0 saturated heterocycles. The molecule has 0 bridgehead atoms. The molecule has 0 heterocycles. The van der Waals surface area contributed by atoms with Crippen molar-refractivity contribution >= 4 is 29.3 Å². The van der Waals surface area contributed by atoms with Crippen LogP contribution >= 0.6 is 23.4 Å². The minimum Gasteiger partial charge on any atom is -0.481 e. The van der Waals surface area contributed by atoms with Crippen molar-refractivity contribution in [2.45, 2.75) is 20.3 Å². The molecular formula is C11H15ClO2S. The van der Waals surface area contributed by atoms with Gasteiger partial charge in [0, 0.05) is 15.7 Å². The first-order valence-electron chi connectivity index (χ1n) is 4.25. The van der Waals surface area contributed by atoms with Gasteiger partial charge in [-0.3, -0.25) is 4.79 Å². The fourth-order valence-electron chi connectivity index (χ4n) is 0.662. The normalized spacial score (nSPS) is 11.5. The van der Waals surface area contributed by atoms with E-state index in [4.69, 9.17) is 16.7 Å². The molecule has 0 amide bonds. The molecule has 0 fully saturated rings. The van der Waals surface area contributed by atoms with Crippen LogP contribution in [0.4, 0.5) is 0 Å². The van der Waals surface area contributed by atoms with Crippen LogP contribution in [-0.2, 0) is 4.79 Å². The van der Waals surface area contributed by atoms with Crippen molar-refractivity contribution in [3.8, 4) is 12.8 Å². The lowest BCUT2D eigenvalue weighted by Gasteiger charge is -2.01. The number of halogens is 1. The number of allylic oxidation sites excluding steroid dienone is 3. The Morgan fingerprint density at radius 3 is 2.40 bits per heavy atom. The number of carbonyl (C=O) groups is 1. The first-order chi connectivity index (χ1) is 7.07. The Morgan fingerprint density at radius 1 is 1.53 bits per heavy atom. The van der Waals surface area contributed by atoms with Gasteiger partial charge in [0.15, 0.2) is 0 Å². The van der Waals surface area contributed by atoms with Crippen molar-refractivity contribution in [2.24, 2.45) is 0 Å². The summed E-state index contributed by atoms with van der Waals surface area (Å²) in [6.45, 7) is 3.70. The van der Waals surface area contributed by atoms with Crippen LogP contribution in [0.25, 0.3) is 0 Å². The zero-order chi connectivity index (χ0) is 12.3. The third-order valence-corrected chi connectivity index (χ3v) is 2.71. The highest BCUT2D eigenvalue weighted by atomic mass is 35.5. The van der Waals surface area contributed by atoms with Crippen LogP contribution < -0.4 is 0 Å². The third-order valence-electron chi connectivity index (χ3n) is 1.23. The molecule has 0 spiro atoms. The standard InChI is InChI=1S/C9H13ClO2S.C2H2/c1-3-4-8(7(2)10)13-6-5-9(11)12;1-2/h3-4H,5-6H2,1-2H3,(H,11,12);1-2H/b4-3-,8-7-;. The van der Waals surface area contributed by atoms with Crippen molar-refractivity contribution < 1.29 is 9.90 Å². The average molecular weight is 247 g/mol. The predicted octanol–water partition coefficient (Wildman–Crippen LogP) is 3.49. The van der Waals surface area contributed by atoms with Gasteiger partial charge in [-0.25, -0.2) is 0 Å². The van der Waals surface area contributed by atoms with E-state index in [9.17, 15) is 4.79 Å². The van der Waals surface area contributed by atoms with Gasteiger partial charge in [0.05, 0.1) is 6.42 Å². The Balaban J connectivity index is 0. The van der Waals surface area contributed by atoms with E-state index < -0.39 is 5.97 Å². The summed E-state index contributed by atoms with van der Waals surface area (Å²) in [5.74, 6) is -0.224. The van der Waals surface area contributed by atoms with Crippen LogP contribution in [0.15, 0.2) is 22.1 Å². The van der Waals surface area contributed by atoms with Gasteiger partial charge in [-0.1, -0.05) is 23.8 Å². The highest BCUT2D eigenvalue weighted by Gasteiger charge is 2.00. The van der Waals surface area contributed by atoms with Gasteiger partial charge in [-0.15, -0.1) is 24.6 Å². The van der Waals surface area contributed by atoms with E-state index >= 15 is 0 Å². The maximum Gasteiger partial charge on any atom is 0.304 e. The number of carboxylic acid groups (broad SMARTS) is 1. The van der Waals surface area contributed by atoms with Gasteiger partial charge < -0.3 is 5.11 Å². The van der Waals surface area contributed by atoms with Crippen LogP contribution in [0, 0.1) is 12.8 Å². The minimum atomic E-state index is -0.778. The zero-order valence-electron chi connectivity index (χ0n) is 8.87. The monoisotopic (exact) mass is 246 g/mol. The Morgan fingerprint density at radius 2 is 2.07 bits per heavy atom. The van der Waals surface area contributed by atoms with Gasteiger partial charge in [0.1, 0.15) is 0 Å². The van der Waals surface area contributed by atoms with E-state index in [-0.39, 0.29) is 6.42 Å². The molecule has 0 aromatic carbocycles. The quantitative estimate of drug-likeness (QED) is 0.596. The maximum absolute atomic E-state index is 10.2. The Bertz CT molecular complexity index is 263. The number of aliphatic carboxylic acids is 1. The lowest BCUT2D eigenvalue weighted by molar-refractivity contribution is -0.136. The fourth-order valence-corrected chi connectivity index (χ4v) is 1.82. The molecule has 1 N–H and O–H groups in total. The number of hydrogen-bond donors (Lipinski definition) is 1. The van der Waals surface area contributed by atoms with Gasteiger partial charge in [-0.05, 0) is 13.8 Å². The topological polar surface area (TPSA) is 37.3 Å². The van der Waals surface area contributed by atoms with Crippen LogP contribution in [-0.4, -0.2) is 16.8 Å². The number of hydrogen-bond acceptors (Lipinski definition) is 2. The summed E-state index contributed by atoms with van der Waals surface area (Å²) in [6, 6.07) is 0. The van der Waals surface area contributed by atoms with Crippen LogP contribution in [0.1, 0.15) is 20.3 Å². The summed E-state index contributed by atoms with van der Waals surface area (Å²) in [5, 5.41) is 9.12. The lowest BCUT2D eigenvalue weighted by atomic mass is 10.4. The van der Waals surface area contributed by atoms with Crippen LogP contribution in [0.5, 0.6) is 0 Å². The molecule has 0 unspecified atom stereocenters. The minimum absolute atomic E-state index is 0.163. The molecule has 15 heavy (non-hydrogen) atoms. The largest absolute Gasteiger partial charge is 0.481 e. The van der Waals surface area contributed by atoms with Crippen molar-refractivity contribution in [2.75, 3.05) is 5.75 Å². The lowest BCUT2D eigenvalue weighted by Crippen LogP contribution is -1.95. The summed E-state index contributed by atoms with van der Waals surface area (Å²) in [4.78, 5) is 11.2. The predicted molar refractivity (Wildman–Crippen MR) is 68.0 cm³/mol. The first kappa shape index (κ1) is 16.6. The Kier molecular flexibility index (Phi) is 12.4. The highest BCUT2D eigenvalue weighted by molar-refractivity contribution is 8.03. The number of terminal acetylenes is 1. The zero-order valence-corrected chi connectivity index (χ0v) is 10.4. The first-order valence-corrected chi connectivity index (χ1v) is 5.61. The molecule has 0 saturated carbocycles. The van der Waals surface area contributed by atoms with Gasteiger partial charge >= 0.3 is 5.97 Å². The number of rotatable bonds is 5. The highest BCUT2D eigenvalue weighted by Crippen LogP contribution is 2.24. The summed E-state index contributed by atoms with van der Waals surface area (Å²) >= 11 is 7.26. The summed E-state index contributed by atoms with van der Waals surface area (Å²) in [6.07, 6.45) is 11.9. The van der Waals surface area contributed by atoms with E-state index in [2.05, 4.69) is 12.8 Å². The van der Waals surface area contributed by atoms with E-state index in [1.807, 2.05) is 19.1 Å². The van der Waals surface area contributed by atoms with Crippen molar-refractivity contribution in [1.82, 2.24) is 0 Å². The van der Waals surface area contributed by atoms with Gasteiger partial charge in [-0.2, -0.15) is 0 Å². The average Bonchev–Trinajstić information content (AvgIpc) is 2.19. The number of carboxylic acids is 1. The smallest absolute Gasteiger partial charge is 0.304 e. The molecule has 4 heteroatoms. The molecule has 84 valence electrons. The molecule has 0 rings (SSSR count). The molecule has 0 aliphatic heterocycles. The van der Waals surface area contributed by atoms with Crippen molar-refractivity contribution in [3.05, 3.63) is 22.1 Å². The third kappa shape index (κ3) is 11.1. The maximum atomic E-state index is 10.2. The molecular weight excluding hydrogens is 232 g/mol. The molecule has 0 atom stereocenters.